The smallest absolute Gasteiger partial charge is 0.414 e. The van der Waals surface area contributed by atoms with Crippen LogP contribution in [0.2, 0.25) is 0 Å². The van der Waals surface area contributed by atoms with E-state index >= 15 is 0 Å². The van der Waals surface area contributed by atoms with Crippen molar-refractivity contribution >= 4 is 24.2 Å². The number of guanidine groups is 1. The van der Waals surface area contributed by atoms with Crippen LogP contribution in [0, 0.1) is 0 Å². The minimum absolute atomic E-state index is 0.00479. The van der Waals surface area contributed by atoms with Crippen LogP contribution >= 0.6 is 0 Å². The molecule has 0 heterocycles. The highest BCUT2D eigenvalue weighted by molar-refractivity contribution is 6.01. The molecule has 0 aliphatic carbocycles. The van der Waals surface area contributed by atoms with Gasteiger partial charge in [-0.1, -0.05) is 0 Å². The minimum atomic E-state index is -1.20. The molecule has 0 rings (SSSR count). The van der Waals surface area contributed by atoms with Crippen LogP contribution in [0.3, 0.4) is 0 Å². The summed E-state index contributed by atoms with van der Waals surface area (Å²) in [6.07, 6.45) is -2.83. The van der Waals surface area contributed by atoms with Crippen LogP contribution in [0.1, 0.15) is 41.5 Å². The maximum absolute atomic E-state index is 11.8. The van der Waals surface area contributed by atoms with Gasteiger partial charge in [0.2, 0.25) is 5.96 Å². The second-order valence-electron chi connectivity index (χ2n) is 6.72. The molecule has 10 heteroatoms. The molecule has 0 aliphatic heterocycles. The third-order valence-electron chi connectivity index (χ3n) is 1.90. The lowest BCUT2D eigenvalue weighted by molar-refractivity contribution is 0.0545. The molecule has 24 heavy (non-hydrogen) atoms. The van der Waals surface area contributed by atoms with Gasteiger partial charge in [-0.3, -0.25) is 15.6 Å². The lowest BCUT2D eigenvalue weighted by Crippen LogP contribution is -2.47. The van der Waals surface area contributed by atoms with Gasteiger partial charge in [-0.15, -0.1) is 0 Å². The zero-order valence-electron chi connectivity index (χ0n) is 14.8. The summed E-state index contributed by atoms with van der Waals surface area (Å²) in [5.74, 6) is -0.203. The molecule has 0 aromatic rings. The van der Waals surface area contributed by atoms with Crippen molar-refractivity contribution in [2.75, 3.05) is 13.1 Å². The number of alkyl carbamates (subject to hydrolysis) is 2. The van der Waals surface area contributed by atoms with Crippen molar-refractivity contribution in [2.45, 2.75) is 52.7 Å². The molecular formula is C14H26N4O6. The molecule has 0 saturated carbocycles. The van der Waals surface area contributed by atoms with Crippen molar-refractivity contribution in [3.05, 3.63) is 0 Å². The lowest BCUT2D eigenvalue weighted by Gasteiger charge is -2.22. The van der Waals surface area contributed by atoms with Crippen molar-refractivity contribution in [2.24, 2.45) is 4.99 Å². The summed E-state index contributed by atoms with van der Waals surface area (Å²) < 4.78 is 10.1. The first-order chi connectivity index (χ1) is 10.8. The van der Waals surface area contributed by atoms with Crippen LogP contribution in [-0.2, 0) is 9.47 Å². The van der Waals surface area contributed by atoms with Crippen LogP contribution in [0.4, 0.5) is 14.4 Å². The zero-order chi connectivity index (χ0) is 19.0. The molecule has 0 fully saturated rings. The van der Waals surface area contributed by atoms with E-state index < -0.39 is 29.5 Å². The van der Waals surface area contributed by atoms with Gasteiger partial charge in [0.1, 0.15) is 11.2 Å². The van der Waals surface area contributed by atoms with E-state index in [1.165, 1.54) is 0 Å². The molecular weight excluding hydrogens is 320 g/mol. The predicted octanol–water partition coefficient (Wildman–Crippen LogP) is 1.66. The Morgan fingerprint density at radius 1 is 0.917 bits per heavy atom. The van der Waals surface area contributed by atoms with Crippen molar-refractivity contribution in [3.8, 4) is 0 Å². The fourth-order valence-electron chi connectivity index (χ4n) is 1.24. The maximum Gasteiger partial charge on any atom is 0.414 e. The SMILES string of the molecule is CC(C)(C)OC(=O)NC(=NCCNC(=O)O)NC(=O)OC(C)(C)C. The highest BCUT2D eigenvalue weighted by atomic mass is 16.6. The molecule has 0 aliphatic rings. The highest BCUT2D eigenvalue weighted by Crippen LogP contribution is 2.07. The Kier molecular flexibility index (Phi) is 8.00. The number of aliphatic imine (C=N–C) groups is 1. The first-order valence-electron chi connectivity index (χ1n) is 7.30. The molecule has 0 unspecified atom stereocenters. The van der Waals surface area contributed by atoms with Gasteiger partial charge in [-0.2, -0.15) is 0 Å². The van der Waals surface area contributed by atoms with Gasteiger partial charge in [-0.05, 0) is 41.5 Å². The van der Waals surface area contributed by atoms with Gasteiger partial charge in [-0.25, -0.2) is 14.4 Å². The summed E-state index contributed by atoms with van der Waals surface area (Å²) in [5, 5.41) is 15.2. The van der Waals surface area contributed by atoms with E-state index in [1.807, 2.05) is 0 Å². The second kappa shape index (κ2) is 8.94. The Bertz CT molecular complexity index is 458. The monoisotopic (exact) mass is 346 g/mol. The van der Waals surface area contributed by atoms with E-state index in [2.05, 4.69) is 20.9 Å². The molecule has 0 aromatic carbocycles. The Morgan fingerprint density at radius 2 is 1.33 bits per heavy atom. The lowest BCUT2D eigenvalue weighted by atomic mass is 10.2. The van der Waals surface area contributed by atoms with E-state index in [4.69, 9.17) is 14.6 Å². The van der Waals surface area contributed by atoms with Crippen molar-refractivity contribution in [3.63, 3.8) is 0 Å². The van der Waals surface area contributed by atoms with Crippen LogP contribution in [-0.4, -0.2) is 53.6 Å². The summed E-state index contributed by atoms with van der Waals surface area (Å²) in [7, 11) is 0. The van der Waals surface area contributed by atoms with Crippen LogP contribution < -0.4 is 16.0 Å². The van der Waals surface area contributed by atoms with Crippen LogP contribution in [0.15, 0.2) is 4.99 Å². The molecule has 3 amide bonds. The molecule has 0 spiro atoms. The van der Waals surface area contributed by atoms with Crippen molar-refractivity contribution < 1.29 is 29.0 Å². The van der Waals surface area contributed by atoms with Crippen LogP contribution in [0.5, 0.6) is 0 Å². The molecule has 0 atom stereocenters. The highest BCUT2D eigenvalue weighted by Gasteiger charge is 2.21. The van der Waals surface area contributed by atoms with E-state index in [0.717, 1.165) is 0 Å². The standard InChI is InChI=1S/C14H26N4O6/c1-13(2,3)23-11(21)17-9(15-7-8-16-10(19)20)18-12(22)24-14(4,5)6/h16H,7-8H2,1-6H3,(H,19,20)(H2,15,17,18,21,22). The summed E-state index contributed by atoms with van der Waals surface area (Å²) in [5.41, 5.74) is -1.46. The number of nitrogens with zero attached hydrogens (tertiary/aromatic N) is 1. The molecule has 0 aromatic heterocycles. The topological polar surface area (TPSA) is 138 Å². The Hall–Kier alpha value is -2.52. The van der Waals surface area contributed by atoms with Gasteiger partial charge in [0, 0.05) is 6.54 Å². The van der Waals surface area contributed by atoms with Gasteiger partial charge >= 0.3 is 18.3 Å². The Morgan fingerprint density at radius 3 is 1.67 bits per heavy atom. The van der Waals surface area contributed by atoms with Crippen LogP contribution in [0.25, 0.3) is 0 Å². The molecule has 138 valence electrons. The van der Waals surface area contributed by atoms with Gasteiger partial charge in [0.05, 0.1) is 6.54 Å². The fourth-order valence-corrected chi connectivity index (χ4v) is 1.24. The average Bonchev–Trinajstić information content (AvgIpc) is 2.28. The van der Waals surface area contributed by atoms with E-state index in [0.29, 0.717) is 0 Å². The average molecular weight is 346 g/mol. The number of carbonyl (C=O) groups is 3. The number of carbonyl (C=O) groups excluding carboxylic acids is 2. The molecule has 10 nitrogen and oxygen atoms in total. The Balaban J connectivity index is 4.82. The van der Waals surface area contributed by atoms with Gasteiger partial charge in [0.15, 0.2) is 0 Å². The normalized spacial score (nSPS) is 11.1. The third kappa shape index (κ3) is 13.2. The summed E-state index contributed by atoms with van der Waals surface area (Å²) in [4.78, 5) is 37.8. The summed E-state index contributed by atoms with van der Waals surface area (Å²) in [6, 6.07) is 0. The molecule has 0 radical (unpaired) electrons. The molecule has 0 saturated heterocycles. The number of hydrogen-bond donors (Lipinski definition) is 4. The summed E-state index contributed by atoms with van der Waals surface area (Å²) in [6.45, 7) is 10.1. The fraction of sp³-hybridized carbons (Fsp3) is 0.714. The predicted molar refractivity (Wildman–Crippen MR) is 87.1 cm³/mol. The van der Waals surface area contributed by atoms with Crippen molar-refractivity contribution in [1.82, 2.24) is 16.0 Å². The van der Waals surface area contributed by atoms with Crippen molar-refractivity contribution in [1.29, 1.82) is 0 Å². The quantitative estimate of drug-likeness (QED) is 0.348. The van der Waals surface area contributed by atoms with E-state index in [9.17, 15) is 14.4 Å². The third-order valence-corrected chi connectivity index (χ3v) is 1.90. The summed E-state index contributed by atoms with van der Waals surface area (Å²) >= 11 is 0. The van der Waals surface area contributed by atoms with E-state index in [-0.39, 0.29) is 19.0 Å². The minimum Gasteiger partial charge on any atom is -0.465 e. The number of ether oxygens (including phenoxy) is 2. The van der Waals surface area contributed by atoms with Gasteiger partial charge < -0.3 is 19.9 Å². The van der Waals surface area contributed by atoms with E-state index in [1.54, 1.807) is 41.5 Å². The zero-order valence-corrected chi connectivity index (χ0v) is 14.8. The molecule has 0 bridgehead atoms. The number of carboxylic acid groups (broad SMARTS) is 1. The Labute approximate surface area is 141 Å². The number of amides is 3. The first kappa shape index (κ1) is 21.5. The first-order valence-corrected chi connectivity index (χ1v) is 7.30. The second-order valence-corrected chi connectivity index (χ2v) is 6.72. The maximum atomic E-state index is 11.8. The largest absolute Gasteiger partial charge is 0.465 e. The molecule has 4 N–H and O–H groups in total. The number of rotatable bonds is 3. The number of hydrogen-bond acceptors (Lipinski definition) is 6. The number of nitrogens with one attached hydrogen (secondary N) is 3. The van der Waals surface area contributed by atoms with Gasteiger partial charge in [0.25, 0.3) is 0 Å².